The summed E-state index contributed by atoms with van der Waals surface area (Å²) in [7, 11) is 0. The number of carbonyl (C=O) groups is 2. The molecule has 0 unspecified atom stereocenters. The molecule has 0 atom stereocenters. The van der Waals surface area contributed by atoms with Gasteiger partial charge in [-0.15, -0.1) is 0 Å². The fourth-order valence-corrected chi connectivity index (χ4v) is 0.983. The van der Waals surface area contributed by atoms with E-state index in [0.29, 0.717) is 0 Å². The molecule has 0 spiro atoms. The Morgan fingerprint density at radius 2 is 1.62 bits per heavy atom. The average Bonchev–Trinajstić information content (AvgIpc) is 2.04. The van der Waals surface area contributed by atoms with E-state index in [0.717, 1.165) is 4.47 Å². The Hall–Kier alpha value is 0.476. The summed E-state index contributed by atoms with van der Waals surface area (Å²) in [6.07, 6.45) is 0. The fraction of sp³-hybridized carbons (Fsp3) is 0. The number of rotatable bonds is 2. The summed E-state index contributed by atoms with van der Waals surface area (Å²) < 4.78 is 0.789. The number of carboxylic acids is 1. The monoisotopic (exact) mass is 266 g/mol. The van der Waals surface area contributed by atoms with E-state index in [1.807, 2.05) is 0 Å². The van der Waals surface area contributed by atoms with Gasteiger partial charge in [0.2, 0.25) is 5.78 Å². The molecule has 0 aliphatic carbocycles. The van der Waals surface area contributed by atoms with Crippen LogP contribution in [0, 0.1) is 0 Å². The number of aliphatic carboxylic acids is 1. The van der Waals surface area contributed by atoms with Crippen LogP contribution in [0.2, 0.25) is 0 Å². The summed E-state index contributed by atoms with van der Waals surface area (Å²) in [5.74, 6) is -2.68. The summed E-state index contributed by atoms with van der Waals surface area (Å²) >= 11 is 3.16. The molecule has 0 N–H and O–H groups in total. The SMILES string of the molecule is O=C([O-])C(=O)c1ccc(Br)cc1.[K+]. The van der Waals surface area contributed by atoms with E-state index in [2.05, 4.69) is 15.9 Å². The van der Waals surface area contributed by atoms with E-state index in [-0.39, 0.29) is 56.9 Å². The second-order valence-corrected chi connectivity index (χ2v) is 3.04. The van der Waals surface area contributed by atoms with Crippen molar-refractivity contribution in [2.24, 2.45) is 0 Å². The maximum absolute atomic E-state index is 10.8. The summed E-state index contributed by atoms with van der Waals surface area (Å²) in [4.78, 5) is 20.9. The van der Waals surface area contributed by atoms with Crippen molar-refractivity contribution in [1.29, 1.82) is 0 Å². The van der Waals surface area contributed by atoms with E-state index in [1.165, 1.54) is 12.1 Å². The van der Waals surface area contributed by atoms with E-state index < -0.39 is 11.8 Å². The van der Waals surface area contributed by atoms with Crippen molar-refractivity contribution in [1.82, 2.24) is 0 Å². The van der Waals surface area contributed by atoms with Gasteiger partial charge in [0.15, 0.2) is 0 Å². The van der Waals surface area contributed by atoms with Crippen LogP contribution < -0.4 is 56.5 Å². The van der Waals surface area contributed by atoms with Crippen LogP contribution in [-0.4, -0.2) is 11.8 Å². The van der Waals surface area contributed by atoms with Crippen LogP contribution in [-0.2, 0) is 4.79 Å². The van der Waals surface area contributed by atoms with Gasteiger partial charge in [0.05, 0.1) is 0 Å². The number of benzene rings is 1. The molecule has 1 rings (SSSR count). The smallest absolute Gasteiger partial charge is 0.541 e. The van der Waals surface area contributed by atoms with E-state index in [4.69, 9.17) is 0 Å². The molecule has 1 aromatic carbocycles. The van der Waals surface area contributed by atoms with Crippen LogP contribution in [0.3, 0.4) is 0 Å². The van der Waals surface area contributed by atoms with Gasteiger partial charge in [0, 0.05) is 10.0 Å². The van der Waals surface area contributed by atoms with Gasteiger partial charge in [-0.05, 0) is 24.3 Å². The summed E-state index contributed by atoms with van der Waals surface area (Å²) in [6.45, 7) is 0. The van der Waals surface area contributed by atoms with Crippen LogP contribution >= 0.6 is 15.9 Å². The third kappa shape index (κ3) is 4.01. The first-order chi connectivity index (χ1) is 5.61. The molecule has 62 valence electrons. The van der Waals surface area contributed by atoms with E-state index in [9.17, 15) is 14.7 Å². The van der Waals surface area contributed by atoms with Crippen molar-refractivity contribution in [2.75, 3.05) is 0 Å². The number of ketones is 1. The van der Waals surface area contributed by atoms with E-state index >= 15 is 0 Å². The van der Waals surface area contributed by atoms with Gasteiger partial charge in [-0.3, -0.25) is 4.79 Å². The van der Waals surface area contributed by atoms with Gasteiger partial charge in [-0.25, -0.2) is 0 Å². The quantitative estimate of drug-likeness (QED) is 0.335. The maximum Gasteiger partial charge on any atom is 1.00 e. The first kappa shape index (κ1) is 13.5. The number of halogens is 1. The van der Waals surface area contributed by atoms with Gasteiger partial charge in [0.25, 0.3) is 0 Å². The summed E-state index contributed by atoms with van der Waals surface area (Å²) in [5.41, 5.74) is 0.123. The number of hydrogen-bond acceptors (Lipinski definition) is 3. The molecular formula is C8H4BrKO3. The fourth-order valence-electron chi connectivity index (χ4n) is 0.719. The minimum atomic E-state index is -1.68. The Labute approximate surface area is 126 Å². The Bertz CT molecular complexity index is 321. The second kappa shape index (κ2) is 6.05. The molecule has 0 radical (unpaired) electrons. The van der Waals surface area contributed by atoms with Crippen molar-refractivity contribution in [3.63, 3.8) is 0 Å². The molecule has 1 aromatic rings. The van der Waals surface area contributed by atoms with Gasteiger partial charge in [-0.2, -0.15) is 0 Å². The van der Waals surface area contributed by atoms with Crippen LogP contribution in [0.5, 0.6) is 0 Å². The standard InChI is InChI=1S/C8H5BrO3.K/c9-6-3-1-5(2-4-6)7(10)8(11)12;/h1-4H,(H,11,12);/q;+1/p-1. The van der Waals surface area contributed by atoms with Crippen molar-refractivity contribution >= 4 is 27.7 Å². The molecule has 0 saturated carbocycles. The number of carboxylic acid groups (broad SMARTS) is 1. The van der Waals surface area contributed by atoms with Crippen molar-refractivity contribution in [3.8, 4) is 0 Å². The molecule has 0 amide bonds. The minimum absolute atomic E-state index is 0. The average molecular weight is 267 g/mol. The molecular weight excluding hydrogens is 263 g/mol. The zero-order valence-electron chi connectivity index (χ0n) is 6.91. The first-order valence-electron chi connectivity index (χ1n) is 3.12. The Morgan fingerprint density at radius 1 is 1.15 bits per heavy atom. The molecule has 0 saturated heterocycles. The Kier molecular flexibility index (Phi) is 6.27. The van der Waals surface area contributed by atoms with Gasteiger partial charge in [0.1, 0.15) is 5.97 Å². The summed E-state index contributed by atoms with van der Waals surface area (Å²) in [5, 5.41) is 10.1. The Balaban J connectivity index is 0.00000144. The van der Waals surface area contributed by atoms with Gasteiger partial charge in [-0.1, -0.05) is 15.9 Å². The zero-order valence-corrected chi connectivity index (χ0v) is 11.6. The van der Waals surface area contributed by atoms with Gasteiger partial charge < -0.3 is 9.90 Å². The Morgan fingerprint density at radius 3 is 2.00 bits per heavy atom. The molecule has 3 nitrogen and oxygen atoms in total. The second-order valence-electron chi connectivity index (χ2n) is 2.12. The molecule has 0 bridgehead atoms. The number of hydrogen-bond donors (Lipinski definition) is 0. The molecule has 0 heterocycles. The van der Waals surface area contributed by atoms with Crippen LogP contribution in [0.15, 0.2) is 28.7 Å². The third-order valence-electron chi connectivity index (χ3n) is 1.29. The predicted octanol–water partition coefficient (Wildman–Crippen LogP) is -2.61. The molecule has 0 fully saturated rings. The van der Waals surface area contributed by atoms with Crippen LogP contribution in [0.25, 0.3) is 0 Å². The summed E-state index contributed by atoms with van der Waals surface area (Å²) in [6, 6.07) is 6.02. The van der Waals surface area contributed by atoms with Crippen molar-refractivity contribution in [2.45, 2.75) is 0 Å². The third-order valence-corrected chi connectivity index (χ3v) is 1.82. The molecule has 0 aliphatic heterocycles. The number of Topliss-reactive ketones (excluding diaryl/α,β-unsaturated/α-hetero) is 1. The first-order valence-corrected chi connectivity index (χ1v) is 3.92. The molecule has 13 heavy (non-hydrogen) atoms. The minimum Gasteiger partial charge on any atom is -0.541 e. The number of carbonyl (C=O) groups excluding carboxylic acids is 2. The molecule has 0 aromatic heterocycles. The molecule has 0 aliphatic rings. The van der Waals surface area contributed by atoms with E-state index in [1.54, 1.807) is 12.1 Å². The zero-order chi connectivity index (χ0) is 9.14. The van der Waals surface area contributed by atoms with Crippen molar-refractivity contribution in [3.05, 3.63) is 34.3 Å². The normalized spacial score (nSPS) is 8.69. The van der Waals surface area contributed by atoms with Crippen molar-refractivity contribution < 1.29 is 66.1 Å². The van der Waals surface area contributed by atoms with Crippen LogP contribution in [0.1, 0.15) is 10.4 Å². The topological polar surface area (TPSA) is 57.2 Å². The maximum atomic E-state index is 10.8. The van der Waals surface area contributed by atoms with Gasteiger partial charge >= 0.3 is 51.4 Å². The predicted molar refractivity (Wildman–Crippen MR) is 43.5 cm³/mol. The largest absolute Gasteiger partial charge is 1.00 e. The van der Waals surface area contributed by atoms with Crippen LogP contribution in [0.4, 0.5) is 0 Å². The molecule has 5 heteroatoms.